The molecule has 65 heavy (non-hydrogen) atoms. The van der Waals surface area contributed by atoms with Gasteiger partial charge in [-0.05, 0) is 6.07 Å². The Labute approximate surface area is 358 Å². The maximum absolute atomic E-state index is 11.6. The normalized spacial score (nSPS) is 29.3. The quantitative estimate of drug-likeness (QED) is 0.0586. The van der Waals surface area contributed by atoms with E-state index in [0.29, 0.717) is 0 Å². The van der Waals surface area contributed by atoms with Gasteiger partial charge in [0.25, 0.3) is 11.1 Å². The molecular weight excluding hydrogens is 955 g/mol. The number of hydrogen-bond donors (Lipinski definition) is 15. The van der Waals surface area contributed by atoms with E-state index in [1.807, 2.05) is 4.98 Å². The highest BCUT2D eigenvalue weighted by Crippen LogP contribution is 2.40. The van der Waals surface area contributed by atoms with Crippen molar-refractivity contribution >= 4 is 40.4 Å². The van der Waals surface area contributed by atoms with Gasteiger partial charge in [0, 0.05) is 18.5 Å². The van der Waals surface area contributed by atoms with Gasteiger partial charge < -0.3 is 84.9 Å². The molecule has 3 saturated heterocycles. The lowest BCUT2D eigenvalue weighted by Gasteiger charge is -2.16. The smallest absolute Gasteiger partial charge is 0.387 e. The molecule has 0 amide bonds. The number of nitrogens with two attached hydrogens (primary N) is 1. The SMILES string of the molecule is Nc1ccn(C2OC(COP(=O)(O)O)C(O)C2O)c(=O)n1.O=c1[nH]cnc2c1ncn2C1OC(COP(=O)(O)O)C(O)C1O.O=c1ccn(C2OC(COP(=O)(O)O)C(O)C2O)c(=O)[nH]1. The van der Waals surface area contributed by atoms with E-state index in [1.54, 1.807) is 0 Å². The minimum Gasteiger partial charge on any atom is -0.387 e. The van der Waals surface area contributed by atoms with Crippen LogP contribution in [-0.4, -0.2) is 173 Å². The van der Waals surface area contributed by atoms with Crippen molar-refractivity contribution < 1.29 is 101 Å². The zero-order valence-electron chi connectivity index (χ0n) is 32.3. The third kappa shape index (κ3) is 13.2. The van der Waals surface area contributed by atoms with Gasteiger partial charge in [0.1, 0.15) is 60.8 Å². The Morgan fingerprint density at radius 1 is 0.631 bits per heavy atom. The third-order valence-corrected chi connectivity index (χ3v) is 10.6. The molecule has 16 N–H and O–H groups in total. The van der Waals surface area contributed by atoms with Crippen LogP contribution in [0.25, 0.3) is 11.2 Å². The van der Waals surface area contributed by atoms with E-state index < -0.39 is 139 Å². The van der Waals surface area contributed by atoms with Gasteiger partial charge in [-0.15, -0.1) is 0 Å². The molecule has 34 nitrogen and oxygen atoms in total. The predicted octanol–water partition coefficient (Wildman–Crippen LogP) is -7.33. The number of fused-ring (bicyclic) bond motifs is 1. The lowest BCUT2D eigenvalue weighted by atomic mass is 10.1. The van der Waals surface area contributed by atoms with E-state index in [9.17, 15) is 63.5 Å². The van der Waals surface area contributed by atoms with Crippen LogP contribution < -0.4 is 28.2 Å². The van der Waals surface area contributed by atoms with Crippen molar-refractivity contribution in [2.75, 3.05) is 25.6 Å². The second-order valence-corrected chi connectivity index (χ2v) is 17.3. The number of aliphatic hydroxyl groups is 6. The molecule has 0 bridgehead atoms. The molecule has 7 rings (SSSR count). The Balaban J connectivity index is 0.000000183. The molecule has 7 heterocycles. The van der Waals surface area contributed by atoms with Crippen LogP contribution in [0.3, 0.4) is 0 Å². The van der Waals surface area contributed by atoms with Crippen LogP contribution in [0.2, 0.25) is 0 Å². The number of ether oxygens (including phenoxy) is 3. The van der Waals surface area contributed by atoms with Gasteiger partial charge in [-0.2, -0.15) is 4.98 Å². The number of nitrogens with zero attached hydrogens (tertiary/aromatic N) is 6. The number of imidazole rings is 1. The van der Waals surface area contributed by atoms with E-state index in [-0.39, 0.29) is 17.0 Å². The van der Waals surface area contributed by atoms with Gasteiger partial charge in [-0.25, -0.2) is 33.3 Å². The summed E-state index contributed by atoms with van der Waals surface area (Å²) < 4.78 is 63.3. The second kappa shape index (κ2) is 20.7. The molecule has 362 valence electrons. The van der Waals surface area contributed by atoms with Crippen LogP contribution in [0.15, 0.2) is 56.4 Å². The highest BCUT2D eigenvalue weighted by molar-refractivity contribution is 7.46. The number of H-pyrrole nitrogens is 2. The average Bonchev–Trinajstić information content (AvgIpc) is 3.92. The first-order chi connectivity index (χ1) is 30.2. The molecular formula is C28H40N9O25P3. The number of phosphoric acid groups is 3. The molecule has 12 unspecified atom stereocenters. The van der Waals surface area contributed by atoms with Gasteiger partial charge >= 0.3 is 34.8 Å². The summed E-state index contributed by atoms with van der Waals surface area (Å²) in [6.07, 6.45) is -11.7. The van der Waals surface area contributed by atoms with E-state index in [2.05, 4.69) is 33.5 Å². The summed E-state index contributed by atoms with van der Waals surface area (Å²) in [4.78, 5) is 113. The highest BCUT2D eigenvalue weighted by atomic mass is 31.2. The lowest BCUT2D eigenvalue weighted by Crippen LogP contribution is -2.37. The molecule has 3 aliphatic rings. The van der Waals surface area contributed by atoms with Crippen molar-refractivity contribution in [2.45, 2.75) is 73.6 Å². The summed E-state index contributed by atoms with van der Waals surface area (Å²) in [6, 6.07) is 2.31. The molecule has 3 fully saturated rings. The number of phosphoric ester groups is 3. The highest BCUT2D eigenvalue weighted by Gasteiger charge is 2.47. The Morgan fingerprint density at radius 3 is 1.49 bits per heavy atom. The van der Waals surface area contributed by atoms with Crippen molar-refractivity contribution in [3.8, 4) is 0 Å². The molecule has 0 radical (unpaired) electrons. The fourth-order valence-corrected chi connectivity index (χ4v) is 7.12. The van der Waals surface area contributed by atoms with Gasteiger partial charge in [0.2, 0.25) is 0 Å². The summed E-state index contributed by atoms with van der Waals surface area (Å²) in [5, 5.41) is 59.2. The Bertz CT molecular complexity index is 2660. The molecule has 3 aliphatic heterocycles. The minimum absolute atomic E-state index is 0.0210. The van der Waals surface area contributed by atoms with Crippen LogP contribution in [0.4, 0.5) is 5.82 Å². The van der Waals surface area contributed by atoms with Gasteiger partial charge in [0.15, 0.2) is 29.8 Å². The largest absolute Gasteiger partial charge is 0.469 e. The minimum atomic E-state index is -4.76. The predicted molar refractivity (Wildman–Crippen MR) is 204 cm³/mol. The fourth-order valence-electron chi connectivity index (χ4n) is 6.10. The van der Waals surface area contributed by atoms with Gasteiger partial charge in [-0.1, -0.05) is 0 Å². The molecule has 4 aromatic rings. The van der Waals surface area contributed by atoms with Gasteiger partial charge in [0.05, 0.1) is 32.5 Å². The summed E-state index contributed by atoms with van der Waals surface area (Å²) in [5.74, 6) is -0.0225. The Kier molecular flexibility index (Phi) is 16.4. The fraction of sp³-hybridized carbons (Fsp3) is 0.536. The third-order valence-electron chi connectivity index (χ3n) is 9.12. The van der Waals surface area contributed by atoms with Crippen LogP contribution in [0.1, 0.15) is 18.7 Å². The van der Waals surface area contributed by atoms with Crippen LogP contribution in [-0.2, 0) is 41.5 Å². The van der Waals surface area contributed by atoms with Crippen molar-refractivity contribution in [2.24, 2.45) is 0 Å². The second-order valence-electron chi connectivity index (χ2n) is 13.6. The first-order valence-electron chi connectivity index (χ1n) is 17.9. The number of anilines is 1. The number of aromatic amines is 2. The number of aliphatic hydroxyl groups excluding tert-OH is 6. The standard InChI is InChI=1S/C10H13N4O8P.C9H14N3O8P.C9H13N2O9P/c15-6-4(1-21-23(18,19)20)22-10(7(6)16)14-3-13-5-8(14)11-2-12-9(5)17;10-5-1-2-12(9(15)11-5)8-7(14)6(13)4(20-8)3-19-21(16,17)18;12-5-1-2-11(9(15)10-5)8-7(14)6(13)4(20-8)3-19-21(16,17)18/h2-4,6-7,10,15-16H,1H2,(H,11,12,17)(H2,18,19,20);1-2,4,6-8,13-14H,3H2,(H2,10,11,15)(H2,16,17,18);1-2,4,6-8,13-14H,3H2,(H,10,12,15)(H2,16,17,18). The molecule has 12 atom stereocenters. The van der Waals surface area contributed by atoms with E-state index in [4.69, 9.17) is 49.3 Å². The summed E-state index contributed by atoms with van der Waals surface area (Å²) >= 11 is 0. The van der Waals surface area contributed by atoms with Gasteiger partial charge in [-0.3, -0.25) is 41.8 Å². The first kappa shape index (κ1) is 51.7. The number of aromatic nitrogens is 8. The maximum atomic E-state index is 11.6. The zero-order valence-corrected chi connectivity index (χ0v) is 35.0. The lowest BCUT2D eigenvalue weighted by molar-refractivity contribution is -0.0543. The van der Waals surface area contributed by atoms with E-state index in [1.165, 1.54) is 23.2 Å². The number of hydrogen-bond acceptors (Lipinski definition) is 23. The average molecular weight is 996 g/mol. The van der Waals surface area contributed by atoms with Crippen molar-refractivity contribution in [3.05, 3.63) is 78.9 Å². The van der Waals surface area contributed by atoms with E-state index >= 15 is 0 Å². The molecule has 0 aliphatic carbocycles. The summed E-state index contributed by atoms with van der Waals surface area (Å²) in [6.45, 7) is -1.97. The molecule has 0 aromatic carbocycles. The van der Waals surface area contributed by atoms with Crippen LogP contribution in [0.5, 0.6) is 0 Å². The van der Waals surface area contributed by atoms with Crippen molar-refractivity contribution in [1.29, 1.82) is 0 Å². The zero-order chi connectivity index (χ0) is 48.3. The topological polar surface area (TPSA) is 529 Å². The molecule has 4 aromatic heterocycles. The first-order valence-corrected chi connectivity index (χ1v) is 22.5. The molecule has 0 saturated carbocycles. The molecule has 0 spiro atoms. The number of nitrogen functional groups attached to an aromatic ring is 1. The number of rotatable bonds is 12. The van der Waals surface area contributed by atoms with Crippen molar-refractivity contribution in [1.82, 2.24) is 38.6 Å². The number of nitrogens with one attached hydrogen (secondary N) is 2. The Morgan fingerprint density at radius 2 is 1.06 bits per heavy atom. The van der Waals surface area contributed by atoms with Crippen molar-refractivity contribution in [3.63, 3.8) is 0 Å². The summed E-state index contributed by atoms with van der Waals surface area (Å²) in [7, 11) is -14.2. The van der Waals surface area contributed by atoms with Crippen LogP contribution >= 0.6 is 23.5 Å². The maximum Gasteiger partial charge on any atom is 0.469 e. The van der Waals surface area contributed by atoms with Crippen LogP contribution in [0, 0.1) is 0 Å². The summed E-state index contributed by atoms with van der Waals surface area (Å²) in [5.41, 5.74) is 2.68. The monoisotopic (exact) mass is 995 g/mol. The van der Waals surface area contributed by atoms with E-state index in [0.717, 1.165) is 27.7 Å². The Hall–Kier alpha value is -4.32. The molecule has 37 heteroatoms.